The van der Waals surface area contributed by atoms with Gasteiger partial charge in [0.25, 0.3) is 0 Å². The number of amides is 2. The van der Waals surface area contributed by atoms with E-state index >= 15 is 0 Å². The van der Waals surface area contributed by atoms with Crippen molar-refractivity contribution in [3.05, 3.63) is 0 Å². The molecule has 0 bridgehead atoms. The first-order valence-corrected chi connectivity index (χ1v) is 4.84. The van der Waals surface area contributed by atoms with Crippen LogP contribution in [-0.2, 0) is 0 Å². The average Bonchev–Trinajstić information content (AvgIpc) is 2.32. The zero-order valence-corrected chi connectivity index (χ0v) is 8.26. The molecule has 5 nitrogen and oxygen atoms in total. The SMILES string of the molecule is CC1NN2C(=O)NNCC2C1Br. The van der Waals surface area contributed by atoms with Crippen molar-refractivity contribution < 1.29 is 4.79 Å². The first-order valence-electron chi connectivity index (χ1n) is 3.92. The Morgan fingerprint density at radius 2 is 2.42 bits per heavy atom. The molecule has 68 valence electrons. The third-order valence-electron chi connectivity index (χ3n) is 2.24. The highest BCUT2D eigenvalue weighted by Crippen LogP contribution is 2.23. The number of carbonyl (C=O) groups is 1. The molecule has 2 amide bonds. The molecule has 2 fully saturated rings. The van der Waals surface area contributed by atoms with Crippen molar-refractivity contribution in [2.45, 2.75) is 23.8 Å². The zero-order chi connectivity index (χ0) is 8.72. The number of halogens is 1. The molecule has 3 atom stereocenters. The largest absolute Gasteiger partial charge is 0.346 e. The summed E-state index contributed by atoms with van der Waals surface area (Å²) in [6, 6.07) is 0.384. The molecule has 0 aromatic rings. The van der Waals surface area contributed by atoms with Crippen LogP contribution in [0.2, 0.25) is 0 Å². The van der Waals surface area contributed by atoms with Crippen molar-refractivity contribution in [3.63, 3.8) is 0 Å². The van der Waals surface area contributed by atoms with E-state index < -0.39 is 0 Å². The quantitative estimate of drug-likeness (QED) is 0.499. The summed E-state index contributed by atoms with van der Waals surface area (Å²) in [5, 5.41) is 1.64. The Hall–Kier alpha value is -0.330. The van der Waals surface area contributed by atoms with E-state index in [0.29, 0.717) is 10.9 Å². The number of fused-ring (bicyclic) bond motifs is 1. The molecule has 12 heavy (non-hydrogen) atoms. The summed E-state index contributed by atoms with van der Waals surface area (Å²) in [6.07, 6.45) is 0. The fourth-order valence-electron chi connectivity index (χ4n) is 1.57. The number of nitrogens with one attached hydrogen (secondary N) is 3. The Morgan fingerprint density at radius 1 is 1.67 bits per heavy atom. The standard InChI is InChI=1S/C6H11BrN4O/c1-3-5(7)4-2-8-9-6(12)11(4)10-3/h3-5,8,10H,2H2,1H3,(H,9,12). The van der Waals surface area contributed by atoms with Crippen LogP contribution in [0.25, 0.3) is 0 Å². The lowest BCUT2D eigenvalue weighted by Gasteiger charge is -2.30. The van der Waals surface area contributed by atoms with Gasteiger partial charge in [-0.3, -0.25) is 10.4 Å². The summed E-state index contributed by atoms with van der Waals surface area (Å²) in [5.41, 5.74) is 8.48. The zero-order valence-electron chi connectivity index (χ0n) is 6.67. The van der Waals surface area contributed by atoms with Crippen molar-refractivity contribution in [2.75, 3.05) is 6.54 Å². The van der Waals surface area contributed by atoms with E-state index in [1.54, 1.807) is 5.01 Å². The molecule has 0 spiro atoms. The third-order valence-corrected chi connectivity index (χ3v) is 3.65. The number of hydrazine groups is 2. The smallest absolute Gasteiger partial charge is 0.272 e. The van der Waals surface area contributed by atoms with Crippen LogP contribution in [0.5, 0.6) is 0 Å². The molecule has 2 aliphatic rings. The fourth-order valence-corrected chi connectivity index (χ4v) is 2.11. The van der Waals surface area contributed by atoms with E-state index in [4.69, 9.17) is 0 Å². The van der Waals surface area contributed by atoms with Gasteiger partial charge in [0.2, 0.25) is 0 Å². The number of alkyl halides is 1. The second kappa shape index (κ2) is 2.86. The molecule has 2 rings (SSSR count). The number of nitrogens with zero attached hydrogens (tertiary/aromatic N) is 1. The molecule has 6 heteroatoms. The number of urea groups is 1. The van der Waals surface area contributed by atoms with Gasteiger partial charge in [-0.1, -0.05) is 15.9 Å². The molecule has 3 unspecified atom stereocenters. The maximum Gasteiger partial charge on any atom is 0.346 e. The first kappa shape index (κ1) is 8.28. The van der Waals surface area contributed by atoms with Crippen LogP contribution in [-0.4, -0.2) is 34.5 Å². The summed E-state index contributed by atoms with van der Waals surface area (Å²) >= 11 is 3.55. The average molecular weight is 235 g/mol. The van der Waals surface area contributed by atoms with Gasteiger partial charge in [0.05, 0.1) is 10.9 Å². The van der Waals surface area contributed by atoms with E-state index in [1.807, 2.05) is 6.92 Å². The van der Waals surface area contributed by atoms with Crippen molar-refractivity contribution in [3.8, 4) is 0 Å². The monoisotopic (exact) mass is 234 g/mol. The molecular weight excluding hydrogens is 224 g/mol. The number of hydrogen-bond donors (Lipinski definition) is 3. The lowest BCUT2D eigenvalue weighted by Crippen LogP contribution is -2.62. The van der Waals surface area contributed by atoms with E-state index in [-0.39, 0.29) is 12.1 Å². The van der Waals surface area contributed by atoms with Crippen LogP contribution in [0.4, 0.5) is 4.79 Å². The number of hydrogen-bond acceptors (Lipinski definition) is 3. The van der Waals surface area contributed by atoms with Crippen molar-refractivity contribution >= 4 is 22.0 Å². The van der Waals surface area contributed by atoms with Gasteiger partial charge in [0.15, 0.2) is 0 Å². The van der Waals surface area contributed by atoms with Crippen LogP contribution < -0.4 is 16.3 Å². The second-order valence-corrected chi connectivity index (χ2v) is 4.17. The van der Waals surface area contributed by atoms with E-state index in [0.717, 1.165) is 6.54 Å². The predicted octanol–water partition coefficient (Wildman–Crippen LogP) is -0.445. The molecule has 0 aromatic carbocycles. The van der Waals surface area contributed by atoms with Crippen LogP contribution >= 0.6 is 15.9 Å². The van der Waals surface area contributed by atoms with Crippen LogP contribution in [0.15, 0.2) is 0 Å². The highest BCUT2D eigenvalue weighted by Gasteiger charge is 2.42. The van der Waals surface area contributed by atoms with Gasteiger partial charge in [0, 0.05) is 12.6 Å². The predicted molar refractivity (Wildman–Crippen MR) is 47.5 cm³/mol. The maximum atomic E-state index is 11.2. The van der Waals surface area contributed by atoms with Gasteiger partial charge in [-0.25, -0.2) is 15.6 Å². The normalized spacial score (nSPS) is 41.0. The highest BCUT2D eigenvalue weighted by atomic mass is 79.9. The van der Waals surface area contributed by atoms with Crippen molar-refractivity contribution in [2.24, 2.45) is 0 Å². The Morgan fingerprint density at radius 3 is 3.08 bits per heavy atom. The summed E-state index contributed by atoms with van der Waals surface area (Å²) in [7, 11) is 0. The molecule has 0 saturated carbocycles. The molecule has 2 saturated heterocycles. The molecule has 0 radical (unpaired) electrons. The first-order chi connectivity index (χ1) is 5.70. The maximum absolute atomic E-state index is 11.2. The molecule has 2 heterocycles. The molecule has 2 aliphatic heterocycles. The topological polar surface area (TPSA) is 56.4 Å². The van der Waals surface area contributed by atoms with Gasteiger partial charge in [-0.2, -0.15) is 0 Å². The van der Waals surface area contributed by atoms with Crippen molar-refractivity contribution in [1.82, 2.24) is 21.3 Å². The number of rotatable bonds is 0. The van der Waals surface area contributed by atoms with E-state index in [9.17, 15) is 4.79 Å². The van der Waals surface area contributed by atoms with Crippen molar-refractivity contribution in [1.29, 1.82) is 0 Å². The van der Waals surface area contributed by atoms with Gasteiger partial charge in [0.1, 0.15) is 0 Å². The van der Waals surface area contributed by atoms with Gasteiger partial charge in [-0.05, 0) is 6.92 Å². The summed E-state index contributed by atoms with van der Waals surface area (Å²) in [5.74, 6) is 0. The minimum Gasteiger partial charge on any atom is -0.272 e. The lowest BCUT2D eigenvalue weighted by atomic mass is 10.1. The summed E-state index contributed by atoms with van der Waals surface area (Å²) < 4.78 is 0. The van der Waals surface area contributed by atoms with E-state index in [2.05, 4.69) is 32.2 Å². The van der Waals surface area contributed by atoms with Gasteiger partial charge >= 0.3 is 6.03 Å². The third kappa shape index (κ3) is 1.10. The molecule has 3 N–H and O–H groups in total. The molecule has 0 aliphatic carbocycles. The van der Waals surface area contributed by atoms with Crippen LogP contribution in [0.1, 0.15) is 6.92 Å². The number of carbonyl (C=O) groups excluding carboxylic acids is 1. The Labute approximate surface area is 78.9 Å². The molecule has 0 aromatic heterocycles. The summed E-state index contributed by atoms with van der Waals surface area (Å²) in [4.78, 5) is 11.6. The lowest BCUT2D eigenvalue weighted by molar-refractivity contribution is 0.142. The Bertz CT molecular complexity index is 212. The van der Waals surface area contributed by atoms with Gasteiger partial charge in [-0.15, -0.1) is 0 Å². The second-order valence-electron chi connectivity index (χ2n) is 3.11. The molecular formula is C6H11BrN4O. The Balaban J connectivity index is 2.16. The van der Waals surface area contributed by atoms with E-state index in [1.165, 1.54) is 0 Å². The Kier molecular flexibility index (Phi) is 1.97. The highest BCUT2D eigenvalue weighted by molar-refractivity contribution is 9.09. The minimum absolute atomic E-state index is 0.111. The minimum atomic E-state index is -0.111. The van der Waals surface area contributed by atoms with Gasteiger partial charge < -0.3 is 0 Å². The summed E-state index contributed by atoms with van der Waals surface area (Å²) in [6.45, 7) is 2.81. The van der Waals surface area contributed by atoms with Crippen LogP contribution in [0, 0.1) is 0 Å². The fraction of sp³-hybridized carbons (Fsp3) is 0.833. The van der Waals surface area contributed by atoms with Crippen LogP contribution in [0.3, 0.4) is 0 Å².